The second-order valence-corrected chi connectivity index (χ2v) is 4.48. The summed E-state index contributed by atoms with van der Waals surface area (Å²) in [6.07, 6.45) is 1.74. The van der Waals surface area contributed by atoms with Crippen LogP contribution < -0.4 is 0 Å². The molecule has 1 unspecified atom stereocenters. The number of rotatable bonds is 5. The van der Waals surface area contributed by atoms with Gasteiger partial charge in [-0.1, -0.05) is 12.2 Å². The largest absolute Gasteiger partial charge is 0.444 e. The van der Waals surface area contributed by atoms with Gasteiger partial charge in [0, 0.05) is 6.54 Å². The molecule has 1 N–H and O–H groups in total. The summed E-state index contributed by atoms with van der Waals surface area (Å²) >= 11 is 0. The van der Waals surface area contributed by atoms with Gasteiger partial charge in [0.05, 0.1) is 12.6 Å². The Morgan fingerprint density at radius 3 is 2.44 bits per heavy atom. The summed E-state index contributed by atoms with van der Waals surface area (Å²) in [5.41, 5.74) is -0.546. The maximum Gasteiger partial charge on any atom is 0.410 e. The number of amides is 1. The fourth-order valence-electron chi connectivity index (χ4n) is 1.01. The Bertz CT molecular complexity index is 255. The van der Waals surface area contributed by atoms with Crippen molar-refractivity contribution in [3.05, 3.63) is 25.3 Å². The molecule has 0 aromatic rings. The van der Waals surface area contributed by atoms with Gasteiger partial charge in [0.2, 0.25) is 0 Å². The van der Waals surface area contributed by atoms with Crippen molar-refractivity contribution in [1.82, 2.24) is 4.90 Å². The van der Waals surface area contributed by atoms with E-state index in [4.69, 9.17) is 4.74 Å². The van der Waals surface area contributed by atoms with Crippen molar-refractivity contribution >= 4 is 6.09 Å². The van der Waals surface area contributed by atoms with Gasteiger partial charge in [0.1, 0.15) is 5.60 Å². The quantitative estimate of drug-likeness (QED) is 0.730. The van der Waals surface area contributed by atoms with Crippen molar-refractivity contribution in [2.24, 2.45) is 0 Å². The fourth-order valence-corrected chi connectivity index (χ4v) is 1.01. The number of aliphatic hydroxyl groups excluding tert-OH is 1. The van der Waals surface area contributed by atoms with E-state index in [1.54, 1.807) is 26.8 Å². The summed E-state index contributed by atoms with van der Waals surface area (Å²) in [7, 11) is 0. The molecule has 0 spiro atoms. The lowest BCUT2D eigenvalue weighted by atomic mass is 10.2. The number of nitrogens with zero attached hydrogens (tertiary/aromatic N) is 1. The minimum absolute atomic E-state index is 0.157. The first-order valence-corrected chi connectivity index (χ1v) is 5.19. The van der Waals surface area contributed by atoms with E-state index in [1.165, 1.54) is 11.0 Å². The summed E-state index contributed by atoms with van der Waals surface area (Å²) in [6, 6.07) is 0. The Morgan fingerprint density at radius 2 is 2.06 bits per heavy atom. The number of ether oxygens (including phenoxy) is 1. The second kappa shape index (κ2) is 6.33. The molecule has 0 bridgehead atoms. The molecule has 0 rings (SSSR count). The third-order valence-corrected chi connectivity index (χ3v) is 1.68. The van der Waals surface area contributed by atoms with E-state index < -0.39 is 17.8 Å². The van der Waals surface area contributed by atoms with Gasteiger partial charge in [-0.05, 0) is 20.8 Å². The maximum absolute atomic E-state index is 11.7. The van der Waals surface area contributed by atoms with E-state index in [1.807, 2.05) is 0 Å². The molecule has 0 fully saturated rings. The maximum atomic E-state index is 11.7. The average molecular weight is 227 g/mol. The van der Waals surface area contributed by atoms with E-state index in [0.29, 0.717) is 6.54 Å². The molecule has 16 heavy (non-hydrogen) atoms. The molecule has 0 aliphatic rings. The van der Waals surface area contributed by atoms with Crippen LogP contribution >= 0.6 is 0 Å². The summed E-state index contributed by atoms with van der Waals surface area (Å²) in [4.78, 5) is 13.1. The Morgan fingerprint density at radius 1 is 1.50 bits per heavy atom. The van der Waals surface area contributed by atoms with Crippen molar-refractivity contribution in [3.8, 4) is 0 Å². The summed E-state index contributed by atoms with van der Waals surface area (Å²) in [5.74, 6) is 0. The van der Waals surface area contributed by atoms with E-state index in [9.17, 15) is 9.90 Å². The van der Waals surface area contributed by atoms with Crippen LogP contribution in [0.5, 0.6) is 0 Å². The first-order valence-electron chi connectivity index (χ1n) is 5.19. The van der Waals surface area contributed by atoms with Crippen molar-refractivity contribution in [1.29, 1.82) is 0 Å². The minimum Gasteiger partial charge on any atom is -0.444 e. The molecule has 0 heterocycles. The highest BCUT2D eigenvalue weighted by Gasteiger charge is 2.22. The number of aliphatic hydroxyl groups is 1. The normalized spacial score (nSPS) is 12.8. The van der Waals surface area contributed by atoms with Gasteiger partial charge in [0.15, 0.2) is 0 Å². The average Bonchev–Trinajstić information content (AvgIpc) is 2.14. The van der Waals surface area contributed by atoms with Crippen LogP contribution in [0.15, 0.2) is 25.3 Å². The molecule has 0 saturated heterocycles. The van der Waals surface area contributed by atoms with Crippen molar-refractivity contribution < 1.29 is 14.6 Å². The molecule has 1 atom stereocenters. The van der Waals surface area contributed by atoms with Gasteiger partial charge in [-0.2, -0.15) is 0 Å². The third kappa shape index (κ3) is 6.24. The molecular formula is C12H21NO3. The van der Waals surface area contributed by atoms with E-state index in [-0.39, 0.29) is 6.54 Å². The molecule has 92 valence electrons. The van der Waals surface area contributed by atoms with Gasteiger partial charge in [0.25, 0.3) is 0 Å². The zero-order valence-electron chi connectivity index (χ0n) is 10.3. The predicted octanol–water partition coefficient (Wildman–Crippen LogP) is 1.96. The topological polar surface area (TPSA) is 49.8 Å². The fraction of sp³-hybridized carbons (Fsp3) is 0.583. The molecule has 4 heteroatoms. The highest BCUT2D eigenvalue weighted by atomic mass is 16.6. The van der Waals surface area contributed by atoms with Crippen molar-refractivity contribution in [2.45, 2.75) is 32.5 Å². The highest BCUT2D eigenvalue weighted by Crippen LogP contribution is 2.10. The van der Waals surface area contributed by atoms with E-state index in [0.717, 1.165) is 0 Å². The predicted molar refractivity (Wildman–Crippen MR) is 64.2 cm³/mol. The monoisotopic (exact) mass is 227 g/mol. The molecule has 0 aliphatic heterocycles. The first-order chi connectivity index (χ1) is 7.30. The van der Waals surface area contributed by atoms with Crippen LogP contribution in [0.4, 0.5) is 4.79 Å². The standard InChI is InChI=1S/C12H21NO3/c1-6-8-13(9-10(14)7-2)11(15)16-12(3,4)5/h6-7,10,14H,1-2,8-9H2,3-5H3. The highest BCUT2D eigenvalue weighted by molar-refractivity contribution is 5.68. The number of hydrogen-bond acceptors (Lipinski definition) is 3. The number of carbonyl (C=O) groups is 1. The molecule has 0 aliphatic carbocycles. The van der Waals surface area contributed by atoms with Crippen LogP contribution in [0.25, 0.3) is 0 Å². The Labute approximate surface area is 97.2 Å². The SMILES string of the molecule is C=CCN(CC(O)C=C)C(=O)OC(C)(C)C. The zero-order chi connectivity index (χ0) is 12.8. The van der Waals surface area contributed by atoms with Gasteiger partial charge in [-0.15, -0.1) is 13.2 Å². The van der Waals surface area contributed by atoms with Gasteiger partial charge < -0.3 is 14.7 Å². The van der Waals surface area contributed by atoms with Crippen molar-refractivity contribution in [3.63, 3.8) is 0 Å². The molecule has 4 nitrogen and oxygen atoms in total. The van der Waals surface area contributed by atoms with Crippen LogP contribution in [-0.2, 0) is 4.74 Å². The molecule has 0 radical (unpaired) electrons. The summed E-state index contributed by atoms with van der Waals surface area (Å²) < 4.78 is 5.19. The number of hydrogen-bond donors (Lipinski definition) is 1. The summed E-state index contributed by atoms with van der Waals surface area (Å²) in [6.45, 7) is 12.9. The van der Waals surface area contributed by atoms with Gasteiger partial charge in [-0.25, -0.2) is 4.79 Å². The lowest BCUT2D eigenvalue weighted by Crippen LogP contribution is -2.40. The number of carbonyl (C=O) groups excluding carboxylic acids is 1. The summed E-state index contributed by atoms with van der Waals surface area (Å²) in [5, 5.41) is 9.40. The van der Waals surface area contributed by atoms with Gasteiger partial charge in [-0.3, -0.25) is 0 Å². The third-order valence-electron chi connectivity index (χ3n) is 1.68. The Balaban J connectivity index is 4.46. The smallest absolute Gasteiger partial charge is 0.410 e. The van der Waals surface area contributed by atoms with Crippen LogP contribution in [0.1, 0.15) is 20.8 Å². The first kappa shape index (κ1) is 14.7. The van der Waals surface area contributed by atoms with Crippen LogP contribution in [0.2, 0.25) is 0 Å². The van der Waals surface area contributed by atoms with Crippen LogP contribution in [0.3, 0.4) is 0 Å². The molecule has 0 aromatic heterocycles. The van der Waals surface area contributed by atoms with E-state index >= 15 is 0 Å². The lowest BCUT2D eigenvalue weighted by molar-refractivity contribution is 0.0207. The zero-order valence-corrected chi connectivity index (χ0v) is 10.3. The van der Waals surface area contributed by atoms with E-state index in [2.05, 4.69) is 13.2 Å². The molecule has 0 saturated carbocycles. The molecular weight excluding hydrogens is 206 g/mol. The molecule has 0 aromatic carbocycles. The minimum atomic E-state index is -0.757. The Hall–Kier alpha value is -1.29. The Kier molecular flexibility index (Phi) is 5.82. The lowest BCUT2D eigenvalue weighted by Gasteiger charge is -2.27. The van der Waals surface area contributed by atoms with Gasteiger partial charge >= 0.3 is 6.09 Å². The van der Waals surface area contributed by atoms with Crippen molar-refractivity contribution in [2.75, 3.05) is 13.1 Å². The van der Waals surface area contributed by atoms with Crippen LogP contribution in [0, 0.1) is 0 Å². The van der Waals surface area contributed by atoms with Crippen LogP contribution in [-0.4, -0.2) is 40.9 Å². The second-order valence-electron chi connectivity index (χ2n) is 4.48. The molecule has 1 amide bonds.